The summed E-state index contributed by atoms with van der Waals surface area (Å²) in [5.41, 5.74) is 3.08. The van der Waals surface area contributed by atoms with Crippen molar-refractivity contribution in [2.75, 3.05) is 18.5 Å². The largest absolute Gasteiger partial charge is 0.356 e. The van der Waals surface area contributed by atoms with Crippen molar-refractivity contribution in [3.8, 4) is 11.3 Å². The fourth-order valence-corrected chi connectivity index (χ4v) is 5.01. The molecule has 31 heavy (non-hydrogen) atoms. The van der Waals surface area contributed by atoms with E-state index in [-0.39, 0.29) is 18.5 Å². The molecular weight excluding hydrogens is 439 g/mol. The van der Waals surface area contributed by atoms with Crippen LogP contribution >= 0.6 is 19.2 Å². The predicted molar refractivity (Wildman–Crippen MR) is 118 cm³/mol. The van der Waals surface area contributed by atoms with Crippen LogP contribution < -0.4 is 5.32 Å². The molecule has 1 aliphatic heterocycles. The Morgan fingerprint density at radius 1 is 1.06 bits per heavy atom. The first kappa shape index (κ1) is 21.8. The van der Waals surface area contributed by atoms with Gasteiger partial charge in [-0.2, -0.15) is 0 Å². The van der Waals surface area contributed by atoms with Crippen LogP contribution in [0, 0.1) is 0 Å². The van der Waals surface area contributed by atoms with Crippen molar-refractivity contribution < 1.29 is 22.9 Å². The Kier molecular flexibility index (Phi) is 6.88. The van der Waals surface area contributed by atoms with Crippen LogP contribution in [0.4, 0.5) is 5.69 Å². The second-order valence-corrected chi connectivity index (χ2v) is 9.71. The van der Waals surface area contributed by atoms with E-state index >= 15 is 0 Å². The molecule has 0 saturated carbocycles. The van der Waals surface area contributed by atoms with Gasteiger partial charge in [0, 0.05) is 35.2 Å². The zero-order valence-electron chi connectivity index (χ0n) is 16.8. The summed E-state index contributed by atoms with van der Waals surface area (Å²) in [6.45, 7) is 0.913. The van der Waals surface area contributed by atoms with Gasteiger partial charge in [-0.15, -0.1) is 0 Å². The summed E-state index contributed by atoms with van der Waals surface area (Å²) in [6, 6.07) is 16.3. The van der Waals surface area contributed by atoms with Gasteiger partial charge in [-0.05, 0) is 48.4 Å². The van der Waals surface area contributed by atoms with Gasteiger partial charge in [-0.3, -0.25) is 9.36 Å². The lowest BCUT2D eigenvalue weighted by Gasteiger charge is -2.22. The first-order valence-electron chi connectivity index (χ1n) is 9.98. The monoisotopic (exact) mass is 460 g/mol. The van der Waals surface area contributed by atoms with Crippen LogP contribution in [0.25, 0.3) is 11.3 Å². The summed E-state index contributed by atoms with van der Waals surface area (Å²) in [7, 11) is -3.06. The van der Waals surface area contributed by atoms with Crippen molar-refractivity contribution in [3.05, 3.63) is 70.9 Å². The number of nitrogens with one attached hydrogen (secondary N) is 1. The third-order valence-electron chi connectivity index (χ3n) is 4.77. The minimum atomic E-state index is -3.06. The van der Waals surface area contributed by atoms with Crippen LogP contribution in [-0.2, 0) is 31.0 Å². The van der Waals surface area contributed by atoms with Gasteiger partial charge in [0.2, 0.25) is 5.91 Å². The smallest absolute Gasteiger partial charge is 0.335 e. The minimum absolute atomic E-state index is 0.129. The van der Waals surface area contributed by atoms with Gasteiger partial charge in [0.05, 0.1) is 25.1 Å². The van der Waals surface area contributed by atoms with Crippen molar-refractivity contribution >= 4 is 30.8 Å². The van der Waals surface area contributed by atoms with Crippen LogP contribution in [0.1, 0.15) is 24.1 Å². The standard InChI is InChI=1S/C22H22ClN2O5P/c23-18-6-4-17(5-7-18)21-14-20(25-30-21)10-11-22(26)24-19-8-2-16(3-9-19)15-31(27)28-12-1-13-29-31/h2-9,14H,1,10-13,15H2,(H,24,26). The molecule has 4 rings (SSSR count). The Bertz CT molecular complexity index is 1070. The Morgan fingerprint density at radius 3 is 2.48 bits per heavy atom. The predicted octanol–water partition coefficient (Wildman–Crippen LogP) is 5.70. The fraction of sp³-hybridized carbons (Fsp3) is 0.273. The normalized spacial score (nSPS) is 15.5. The summed E-state index contributed by atoms with van der Waals surface area (Å²) < 4.78 is 28.5. The van der Waals surface area contributed by atoms with Gasteiger partial charge in [0.25, 0.3) is 0 Å². The number of aryl methyl sites for hydroxylation is 1. The number of hydrogen-bond acceptors (Lipinski definition) is 6. The second-order valence-electron chi connectivity index (χ2n) is 7.22. The summed E-state index contributed by atoms with van der Waals surface area (Å²) in [6.07, 6.45) is 1.71. The molecule has 1 saturated heterocycles. The summed E-state index contributed by atoms with van der Waals surface area (Å²) in [4.78, 5) is 12.3. The number of aromatic nitrogens is 1. The van der Waals surface area contributed by atoms with Crippen molar-refractivity contribution in [1.82, 2.24) is 5.16 Å². The van der Waals surface area contributed by atoms with Gasteiger partial charge in [-0.25, -0.2) is 0 Å². The van der Waals surface area contributed by atoms with Gasteiger partial charge in [0.1, 0.15) is 0 Å². The fourth-order valence-electron chi connectivity index (χ4n) is 3.16. The van der Waals surface area contributed by atoms with E-state index in [9.17, 15) is 9.36 Å². The maximum absolute atomic E-state index is 12.5. The minimum Gasteiger partial charge on any atom is -0.356 e. The number of rotatable bonds is 7. The number of halogens is 1. The highest BCUT2D eigenvalue weighted by molar-refractivity contribution is 7.53. The Labute approximate surface area is 185 Å². The Morgan fingerprint density at radius 2 is 1.77 bits per heavy atom. The molecule has 0 aliphatic carbocycles. The third kappa shape index (κ3) is 6.05. The molecule has 1 N–H and O–H groups in total. The molecule has 2 heterocycles. The molecule has 7 nitrogen and oxygen atoms in total. The van der Waals surface area contributed by atoms with E-state index in [0.717, 1.165) is 17.5 Å². The first-order chi connectivity index (χ1) is 15.0. The van der Waals surface area contributed by atoms with Gasteiger partial charge < -0.3 is 18.9 Å². The van der Waals surface area contributed by atoms with Crippen LogP contribution in [0.3, 0.4) is 0 Å². The maximum atomic E-state index is 12.5. The molecule has 1 amide bonds. The highest BCUT2D eigenvalue weighted by Crippen LogP contribution is 2.53. The van der Waals surface area contributed by atoms with Crippen molar-refractivity contribution in [1.29, 1.82) is 0 Å². The number of amides is 1. The maximum Gasteiger partial charge on any atom is 0.335 e. The molecule has 1 fully saturated rings. The lowest BCUT2D eigenvalue weighted by Crippen LogP contribution is -2.12. The van der Waals surface area contributed by atoms with Crippen molar-refractivity contribution in [3.63, 3.8) is 0 Å². The van der Waals surface area contributed by atoms with Crippen LogP contribution in [0.15, 0.2) is 59.1 Å². The molecule has 1 aromatic heterocycles. The van der Waals surface area contributed by atoms with E-state index in [0.29, 0.717) is 41.8 Å². The van der Waals surface area contributed by atoms with Gasteiger partial charge >= 0.3 is 7.60 Å². The molecule has 0 unspecified atom stereocenters. The topological polar surface area (TPSA) is 90.7 Å². The Hall–Kier alpha value is -2.44. The summed E-state index contributed by atoms with van der Waals surface area (Å²) in [5.74, 6) is 0.503. The van der Waals surface area contributed by atoms with E-state index < -0.39 is 7.60 Å². The molecule has 3 aromatic rings. The number of nitrogens with zero attached hydrogens (tertiary/aromatic N) is 1. The van der Waals surface area contributed by atoms with Gasteiger partial charge in [-0.1, -0.05) is 28.9 Å². The average molecular weight is 461 g/mol. The molecule has 0 bridgehead atoms. The van der Waals surface area contributed by atoms with E-state index in [1.165, 1.54) is 0 Å². The summed E-state index contributed by atoms with van der Waals surface area (Å²) in [5, 5.41) is 7.53. The molecule has 0 atom stereocenters. The van der Waals surface area contributed by atoms with E-state index in [4.69, 9.17) is 25.2 Å². The highest BCUT2D eigenvalue weighted by atomic mass is 35.5. The van der Waals surface area contributed by atoms with E-state index in [1.807, 2.05) is 30.3 Å². The Balaban J connectivity index is 1.27. The number of anilines is 1. The molecular formula is C22H22ClN2O5P. The second kappa shape index (κ2) is 9.79. The average Bonchev–Trinajstić information content (AvgIpc) is 3.24. The summed E-state index contributed by atoms with van der Waals surface area (Å²) >= 11 is 5.90. The lowest BCUT2D eigenvalue weighted by atomic mass is 10.1. The van der Waals surface area contributed by atoms with Gasteiger partial charge in [0.15, 0.2) is 5.76 Å². The van der Waals surface area contributed by atoms with Crippen LogP contribution in [0.2, 0.25) is 5.02 Å². The molecule has 9 heteroatoms. The number of hydrogen-bond donors (Lipinski definition) is 1. The first-order valence-corrected chi connectivity index (χ1v) is 12.1. The van der Waals surface area contributed by atoms with E-state index in [2.05, 4.69) is 10.5 Å². The zero-order valence-corrected chi connectivity index (χ0v) is 18.4. The molecule has 0 spiro atoms. The van der Waals surface area contributed by atoms with Crippen LogP contribution in [0.5, 0.6) is 0 Å². The molecule has 0 radical (unpaired) electrons. The molecule has 2 aromatic carbocycles. The third-order valence-corrected chi connectivity index (χ3v) is 6.93. The number of carbonyl (C=O) groups excluding carboxylic acids is 1. The highest BCUT2D eigenvalue weighted by Gasteiger charge is 2.28. The quantitative estimate of drug-likeness (QED) is 0.455. The zero-order chi connectivity index (χ0) is 21.7. The molecule has 1 aliphatic rings. The SMILES string of the molecule is O=C(CCc1cc(-c2ccc(Cl)cc2)on1)Nc1ccc(CP2(=O)OCCCO2)cc1. The van der Waals surface area contributed by atoms with Crippen molar-refractivity contribution in [2.24, 2.45) is 0 Å². The van der Waals surface area contributed by atoms with E-state index in [1.54, 1.807) is 24.3 Å². The number of carbonyl (C=O) groups is 1. The number of benzene rings is 2. The van der Waals surface area contributed by atoms with Crippen LogP contribution in [-0.4, -0.2) is 24.3 Å². The van der Waals surface area contributed by atoms with Crippen molar-refractivity contribution in [2.45, 2.75) is 25.4 Å². The molecule has 162 valence electrons. The lowest BCUT2D eigenvalue weighted by molar-refractivity contribution is -0.116.